The minimum Gasteiger partial charge on any atom is -0.381 e. The van der Waals surface area contributed by atoms with E-state index in [1.54, 1.807) is 13.0 Å². The molecule has 38 heavy (non-hydrogen) atoms. The van der Waals surface area contributed by atoms with Gasteiger partial charge >= 0.3 is 6.18 Å². The zero-order chi connectivity index (χ0) is 27.2. The number of fused-ring (bicyclic) bond motifs is 3. The Morgan fingerprint density at radius 3 is 2.45 bits per heavy atom. The third-order valence-corrected chi connectivity index (χ3v) is 7.89. The molecule has 0 bridgehead atoms. The highest BCUT2D eigenvalue weighted by molar-refractivity contribution is 5.85. The molecule has 2 aliphatic heterocycles. The van der Waals surface area contributed by atoms with E-state index in [1.807, 2.05) is 25.1 Å². The molecule has 10 heteroatoms. The van der Waals surface area contributed by atoms with E-state index in [0.717, 1.165) is 27.8 Å². The lowest BCUT2D eigenvalue weighted by atomic mass is 9.88. The molecule has 3 aromatic rings. The zero-order valence-corrected chi connectivity index (χ0v) is 21.4. The first kappa shape index (κ1) is 26.9. The molecule has 1 saturated heterocycles. The summed E-state index contributed by atoms with van der Waals surface area (Å²) in [6.45, 7) is 3.22. The molecule has 0 spiro atoms. The highest BCUT2D eigenvalue weighted by Gasteiger charge is 2.44. The molecular weight excluding hydrogens is 506 g/mol. The van der Waals surface area contributed by atoms with Crippen molar-refractivity contribution in [3.63, 3.8) is 0 Å². The lowest BCUT2D eigenvalue weighted by Gasteiger charge is -2.41. The van der Waals surface area contributed by atoms with E-state index in [2.05, 4.69) is 15.2 Å². The van der Waals surface area contributed by atoms with Crippen molar-refractivity contribution >= 4 is 16.6 Å². The van der Waals surface area contributed by atoms with E-state index < -0.39 is 48.7 Å². The topological polar surface area (TPSA) is 34.3 Å². The van der Waals surface area contributed by atoms with Crippen molar-refractivity contribution < 1.29 is 26.3 Å². The van der Waals surface area contributed by atoms with Gasteiger partial charge in [-0.3, -0.25) is 14.2 Å². The van der Waals surface area contributed by atoms with Gasteiger partial charge < -0.3 is 10.3 Å². The van der Waals surface area contributed by atoms with Crippen LogP contribution in [0, 0.1) is 11.6 Å². The van der Waals surface area contributed by atoms with Crippen molar-refractivity contribution in [3.8, 4) is 0 Å². The molecule has 4 atom stereocenters. The van der Waals surface area contributed by atoms with Crippen LogP contribution in [0.15, 0.2) is 36.4 Å². The fraction of sp³-hybridized carbons (Fsp3) is 0.500. The Labute approximate surface area is 218 Å². The fourth-order valence-corrected chi connectivity index (χ4v) is 6.21. The quantitative estimate of drug-likeness (QED) is 0.334. The van der Waals surface area contributed by atoms with Crippen molar-refractivity contribution in [1.29, 1.82) is 0 Å². The normalized spacial score (nSPS) is 24.7. The van der Waals surface area contributed by atoms with Gasteiger partial charge in [0.05, 0.1) is 19.3 Å². The zero-order valence-electron chi connectivity index (χ0n) is 21.4. The average Bonchev–Trinajstić information content (AvgIpc) is 3.37. The predicted molar refractivity (Wildman–Crippen MR) is 136 cm³/mol. The fourth-order valence-electron chi connectivity index (χ4n) is 6.21. The van der Waals surface area contributed by atoms with Gasteiger partial charge in [0.2, 0.25) is 0 Å². The molecule has 4 nitrogen and oxygen atoms in total. The number of likely N-dealkylation sites (tertiary alicyclic amines) is 1. The lowest BCUT2D eigenvalue weighted by molar-refractivity contribution is -0.155. The number of halogens is 6. The SMILES string of the molecule is CC1CC(Nc2cc(F)c([C@@H]3c4[nH]c5ccccc5c4C[C@@H](C)N3CC(F)(F)F)c(F)c2)CN1CCCF. The van der Waals surface area contributed by atoms with Crippen LogP contribution in [0.5, 0.6) is 0 Å². The minimum atomic E-state index is -4.54. The van der Waals surface area contributed by atoms with Crippen LogP contribution in [0.25, 0.3) is 10.9 Å². The Kier molecular flexibility index (Phi) is 7.39. The standard InChI is InChI=1S/C28H32F6N4/c1-16-10-19(14-37(16)9-5-8-29)35-18-12-22(30)25(23(31)13-18)27-26-21(20-6-3-4-7-24(20)36-26)11-17(2)38(27)15-28(32,33)34/h3-4,6-7,12-13,16-17,19,27,35-36H,5,8-11,14-15H2,1-2H3/t16?,17-,19?,27-/m1/s1. The second-order valence-electron chi connectivity index (χ2n) is 10.6. The van der Waals surface area contributed by atoms with Crippen LogP contribution in [0.2, 0.25) is 0 Å². The van der Waals surface area contributed by atoms with Gasteiger partial charge in [-0.15, -0.1) is 0 Å². The first-order valence-corrected chi connectivity index (χ1v) is 13.0. The third-order valence-electron chi connectivity index (χ3n) is 7.89. The number of hydrogen-bond acceptors (Lipinski definition) is 3. The van der Waals surface area contributed by atoms with Crippen LogP contribution < -0.4 is 5.32 Å². The van der Waals surface area contributed by atoms with E-state index in [4.69, 9.17) is 0 Å². The number of para-hydroxylation sites is 1. The molecule has 1 fully saturated rings. The van der Waals surface area contributed by atoms with Gasteiger partial charge in [0.15, 0.2) is 0 Å². The van der Waals surface area contributed by atoms with Crippen molar-refractivity contribution in [2.75, 3.05) is 31.6 Å². The number of benzene rings is 2. The van der Waals surface area contributed by atoms with Gasteiger partial charge in [0, 0.05) is 59.1 Å². The third kappa shape index (κ3) is 5.25. The molecule has 5 rings (SSSR count). The van der Waals surface area contributed by atoms with E-state index in [0.29, 0.717) is 31.6 Å². The molecule has 0 radical (unpaired) electrons. The second-order valence-corrected chi connectivity index (χ2v) is 10.6. The van der Waals surface area contributed by atoms with Crippen LogP contribution >= 0.6 is 0 Å². The second kappa shape index (κ2) is 10.4. The number of nitrogens with one attached hydrogen (secondary N) is 2. The number of hydrogen-bond donors (Lipinski definition) is 2. The van der Waals surface area contributed by atoms with Crippen LogP contribution in [-0.4, -0.2) is 65.4 Å². The van der Waals surface area contributed by atoms with E-state index in [9.17, 15) is 17.6 Å². The molecule has 3 heterocycles. The molecule has 0 saturated carbocycles. The Morgan fingerprint density at radius 2 is 1.76 bits per heavy atom. The van der Waals surface area contributed by atoms with E-state index in [1.165, 1.54) is 12.1 Å². The number of aromatic amines is 1. The first-order valence-electron chi connectivity index (χ1n) is 13.0. The van der Waals surface area contributed by atoms with Crippen molar-refractivity contribution in [2.45, 2.75) is 63.5 Å². The van der Waals surface area contributed by atoms with Crippen LogP contribution in [0.1, 0.15) is 49.6 Å². The molecule has 206 valence electrons. The summed E-state index contributed by atoms with van der Waals surface area (Å²) in [7, 11) is 0. The molecule has 2 N–H and O–H groups in total. The molecular formula is C28H32F6N4. The summed E-state index contributed by atoms with van der Waals surface area (Å²) in [5, 5.41) is 4.02. The van der Waals surface area contributed by atoms with Gasteiger partial charge in [-0.25, -0.2) is 8.78 Å². The average molecular weight is 539 g/mol. The van der Waals surface area contributed by atoms with Gasteiger partial charge in [-0.1, -0.05) is 18.2 Å². The number of rotatable bonds is 7. The Hall–Kier alpha value is -2.72. The van der Waals surface area contributed by atoms with Gasteiger partial charge in [0.1, 0.15) is 11.6 Å². The first-order chi connectivity index (χ1) is 18.1. The molecule has 2 aliphatic rings. The highest BCUT2D eigenvalue weighted by atomic mass is 19.4. The summed E-state index contributed by atoms with van der Waals surface area (Å²) >= 11 is 0. The van der Waals surface area contributed by atoms with Gasteiger partial charge in [0.25, 0.3) is 0 Å². The summed E-state index contributed by atoms with van der Waals surface area (Å²) in [5.74, 6) is -1.80. The van der Waals surface area contributed by atoms with Crippen molar-refractivity contribution in [1.82, 2.24) is 14.8 Å². The minimum absolute atomic E-state index is 0.0778. The predicted octanol–water partition coefficient (Wildman–Crippen LogP) is 6.58. The number of aromatic nitrogens is 1. The number of alkyl halides is 4. The Balaban J connectivity index is 1.50. The highest BCUT2D eigenvalue weighted by Crippen LogP contribution is 2.44. The van der Waals surface area contributed by atoms with Gasteiger partial charge in [-0.2, -0.15) is 13.2 Å². The molecule has 2 aromatic carbocycles. The maximum atomic E-state index is 15.7. The van der Waals surface area contributed by atoms with Gasteiger partial charge in [-0.05, 0) is 56.9 Å². The summed E-state index contributed by atoms with van der Waals surface area (Å²) in [4.78, 5) is 6.43. The number of anilines is 1. The van der Waals surface area contributed by atoms with Crippen LogP contribution in [0.4, 0.5) is 32.0 Å². The maximum Gasteiger partial charge on any atom is 0.401 e. The van der Waals surface area contributed by atoms with Crippen molar-refractivity contribution in [2.24, 2.45) is 0 Å². The maximum absolute atomic E-state index is 15.7. The summed E-state index contributed by atoms with van der Waals surface area (Å²) < 4.78 is 85.0. The molecule has 1 aromatic heterocycles. The van der Waals surface area contributed by atoms with Crippen LogP contribution in [0.3, 0.4) is 0 Å². The Morgan fingerprint density at radius 1 is 1.05 bits per heavy atom. The summed E-state index contributed by atoms with van der Waals surface area (Å²) in [6.07, 6.45) is -3.06. The van der Waals surface area contributed by atoms with E-state index >= 15 is 8.78 Å². The summed E-state index contributed by atoms with van der Waals surface area (Å²) in [5.41, 5.74) is 1.72. The van der Waals surface area contributed by atoms with Crippen molar-refractivity contribution in [3.05, 3.63) is 64.9 Å². The Bertz CT molecular complexity index is 1270. The molecule has 2 unspecified atom stereocenters. The number of nitrogens with zero attached hydrogens (tertiary/aromatic N) is 2. The lowest BCUT2D eigenvalue weighted by Crippen LogP contribution is -2.47. The largest absolute Gasteiger partial charge is 0.401 e. The smallest absolute Gasteiger partial charge is 0.381 e. The molecule has 0 aliphatic carbocycles. The number of H-pyrrole nitrogens is 1. The monoisotopic (exact) mass is 538 g/mol. The summed E-state index contributed by atoms with van der Waals surface area (Å²) in [6, 6.07) is 7.92. The molecule has 0 amide bonds. The van der Waals surface area contributed by atoms with E-state index in [-0.39, 0.29) is 17.8 Å². The van der Waals surface area contributed by atoms with Crippen LogP contribution in [-0.2, 0) is 6.42 Å².